The molecule has 4 nitrogen and oxygen atoms in total. The van der Waals surface area contributed by atoms with Crippen LogP contribution in [-0.2, 0) is 5.41 Å². The molecule has 4 aliphatic rings. The van der Waals surface area contributed by atoms with E-state index in [0.29, 0.717) is 17.8 Å². The lowest BCUT2D eigenvalue weighted by Crippen LogP contribution is -2.63. The highest BCUT2D eigenvalue weighted by Gasteiger charge is 2.47. The largest absolute Gasteiger partial charge is 0.458 e. The molecule has 0 amide bonds. The third-order valence-corrected chi connectivity index (χ3v) is 16.2. The van der Waals surface area contributed by atoms with Crippen molar-refractivity contribution in [3.63, 3.8) is 0 Å². The zero-order valence-corrected chi connectivity index (χ0v) is 42.6. The second-order valence-electron chi connectivity index (χ2n) is 21.8. The fourth-order valence-electron chi connectivity index (χ4n) is 12.8. The first kappa shape index (κ1) is 44.3. The molecular formula is C66H59B2N3O. The van der Waals surface area contributed by atoms with Crippen LogP contribution in [0.3, 0.4) is 0 Å². The lowest BCUT2D eigenvalue weighted by atomic mass is 9.30. The average Bonchev–Trinajstić information content (AvgIpc) is 3.39. The molecule has 9 aromatic rings. The minimum atomic E-state index is -0.195. The normalized spacial score (nSPS) is 14.6. The molecule has 350 valence electrons. The summed E-state index contributed by atoms with van der Waals surface area (Å²) in [6.07, 6.45) is 0. The molecule has 9 aromatic carbocycles. The number of anilines is 9. The van der Waals surface area contributed by atoms with Crippen molar-refractivity contribution in [2.75, 3.05) is 14.7 Å². The summed E-state index contributed by atoms with van der Waals surface area (Å²) >= 11 is 0. The first-order valence-electron chi connectivity index (χ1n) is 26.1. The number of rotatable bonds is 7. The maximum absolute atomic E-state index is 7.25. The lowest BCUT2D eigenvalue weighted by molar-refractivity contribution is 0.487. The molecule has 0 radical (unpaired) electrons. The first-order valence-corrected chi connectivity index (χ1v) is 26.1. The predicted molar refractivity (Wildman–Crippen MR) is 307 cm³/mol. The molecule has 0 unspecified atom stereocenters. The molecule has 0 spiro atoms. The number of para-hydroxylation sites is 6. The van der Waals surface area contributed by atoms with Gasteiger partial charge in [0.25, 0.3) is 13.4 Å². The minimum Gasteiger partial charge on any atom is -0.458 e. The van der Waals surface area contributed by atoms with Crippen molar-refractivity contribution in [2.45, 2.75) is 78.6 Å². The van der Waals surface area contributed by atoms with Crippen LogP contribution in [0.15, 0.2) is 194 Å². The number of ether oxygens (including phenoxy) is 1. The van der Waals surface area contributed by atoms with E-state index >= 15 is 0 Å². The van der Waals surface area contributed by atoms with Crippen molar-refractivity contribution < 1.29 is 4.74 Å². The molecule has 0 aliphatic carbocycles. The number of benzene rings is 9. The smallest absolute Gasteiger partial charge is 0.252 e. The summed E-state index contributed by atoms with van der Waals surface area (Å²) in [5, 5.41) is 0. The van der Waals surface area contributed by atoms with Gasteiger partial charge >= 0.3 is 0 Å². The Labute approximate surface area is 426 Å². The van der Waals surface area contributed by atoms with Crippen molar-refractivity contribution in [1.29, 1.82) is 0 Å². The van der Waals surface area contributed by atoms with Gasteiger partial charge in [0.05, 0.1) is 17.1 Å². The molecule has 4 aliphatic heterocycles. The van der Waals surface area contributed by atoms with E-state index in [4.69, 9.17) is 4.74 Å². The molecule has 13 rings (SSSR count). The van der Waals surface area contributed by atoms with E-state index in [1.807, 2.05) is 0 Å². The van der Waals surface area contributed by atoms with E-state index in [9.17, 15) is 0 Å². The summed E-state index contributed by atoms with van der Waals surface area (Å²) in [5.74, 6) is 2.90. The van der Waals surface area contributed by atoms with Crippen LogP contribution in [-0.4, -0.2) is 13.4 Å². The van der Waals surface area contributed by atoms with Gasteiger partial charge in [-0.1, -0.05) is 188 Å². The van der Waals surface area contributed by atoms with Gasteiger partial charge in [0, 0.05) is 45.6 Å². The van der Waals surface area contributed by atoms with Crippen LogP contribution in [0.4, 0.5) is 51.2 Å². The molecule has 0 saturated heterocycles. The van der Waals surface area contributed by atoms with Gasteiger partial charge in [-0.25, -0.2) is 0 Å². The Kier molecular flexibility index (Phi) is 10.3. The number of hydrogen-bond donors (Lipinski definition) is 0. The standard InChI is InChI=1S/C66H59B2N3O/c1-41(2)44-35-48(42(3)4)64(49(36-44)43(5)6)68-53-30-18-22-34-62(53)72-63-40-59-54(39-55(63)68)67-52-29-17-21-33-58(52)69(45-23-11-9-12-24-45)60-37-47(38-61(65(60)67)70(59)46-25-13-10-14-26-46)71-56-31-19-15-27-50(56)66(7,8)51-28-16-20-32-57(51)71/h9-43H,1-8H3. The zero-order chi connectivity index (χ0) is 49.2. The second kappa shape index (κ2) is 16.7. The highest BCUT2D eigenvalue weighted by molar-refractivity contribution is 7.02. The molecule has 0 saturated carbocycles. The van der Waals surface area contributed by atoms with Gasteiger partial charge in [0.15, 0.2) is 0 Å². The number of hydrogen-bond acceptors (Lipinski definition) is 4. The van der Waals surface area contributed by atoms with Gasteiger partial charge in [-0.05, 0) is 134 Å². The summed E-state index contributed by atoms with van der Waals surface area (Å²) < 4.78 is 7.25. The Morgan fingerprint density at radius 3 is 1.40 bits per heavy atom. The van der Waals surface area contributed by atoms with Crippen molar-refractivity contribution >= 4 is 97.4 Å². The summed E-state index contributed by atoms with van der Waals surface area (Å²) in [6, 6.07) is 72.8. The number of nitrogens with zero attached hydrogens (tertiary/aromatic N) is 3. The minimum absolute atomic E-state index is 0.0391. The average molecular weight is 932 g/mol. The highest BCUT2D eigenvalue weighted by atomic mass is 16.5. The molecule has 0 atom stereocenters. The number of fused-ring (bicyclic) bond motifs is 8. The van der Waals surface area contributed by atoms with Crippen molar-refractivity contribution in [3.8, 4) is 11.5 Å². The van der Waals surface area contributed by atoms with Gasteiger partial charge in [0.1, 0.15) is 11.5 Å². The topological polar surface area (TPSA) is 19.0 Å². The monoisotopic (exact) mass is 931 g/mol. The molecule has 0 bridgehead atoms. The van der Waals surface area contributed by atoms with E-state index in [-0.39, 0.29) is 18.8 Å². The van der Waals surface area contributed by atoms with Gasteiger partial charge < -0.3 is 19.4 Å². The van der Waals surface area contributed by atoms with E-state index in [2.05, 4.69) is 264 Å². The summed E-state index contributed by atoms with van der Waals surface area (Å²) in [7, 11) is 0. The molecule has 4 heterocycles. The summed E-state index contributed by atoms with van der Waals surface area (Å²) in [6.45, 7) is 18.7. The third kappa shape index (κ3) is 6.60. The van der Waals surface area contributed by atoms with Crippen LogP contribution >= 0.6 is 0 Å². The van der Waals surface area contributed by atoms with Gasteiger partial charge in [0.2, 0.25) is 0 Å². The van der Waals surface area contributed by atoms with Crippen LogP contribution < -0.4 is 52.2 Å². The van der Waals surface area contributed by atoms with Crippen molar-refractivity contribution in [1.82, 2.24) is 0 Å². The van der Waals surface area contributed by atoms with Gasteiger partial charge in [-0.15, -0.1) is 0 Å². The van der Waals surface area contributed by atoms with E-state index in [0.717, 1.165) is 39.9 Å². The Balaban J connectivity index is 1.14. The van der Waals surface area contributed by atoms with E-state index < -0.39 is 0 Å². The van der Waals surface area contributed by atoms with Crippen LogP contribution in [0, 0.1) is 0 Å². The van der Waals surface area contributed by atoms with Crippen molar-refractivity contribution in [2.24, 2.45) is 0 Å². The quantitative estimate of drug-likeness (QED) is 0.148. The Hall–Kier alpha value is -7.69. The molecule has 6 heteroatoms. The van der Waals surface area contributed by atoms with Crippen molar-refractivity contribution in [3.05, 3.63) is 222 Å². The van der Waals surface area contributed by atoms with E-state index in [1.165, 1.54) is 83.3 Å². The summed E-state index contributed by atoms with van der Waals surface area (Å²) in [5.41, 5.74) is 24.8. The highest BCUT2D eigenvalue weighted by Crippen LogP contribution is 2.54. The molecule has 0 N–H and O–H groups in total. The van der Waals surface area contributed by atoms with Gasteiger partial charge in [-0.2, -0.15) is 0 Å². The first-order chi connectivity index (χ1) is 35.0. The van der Waals surface area contributed by atoms with Gasteiger partial charge in [-0.3, -0.25) is 0 Å². The lowest BCUT2D eigenvalue weighted by Gasteiger charge is -2.46. The fourth-order valence-corrected chi connectivity index (χ4v) is 12.8. The van der Waals surface area contributed by atoms with Crippen LogP contribution in [0.1, 0.15) is 101 Å². The van der Waals surface area contributed by atoms with Crippen LogP contribution in [0.2, 0.25) is 0 Å². The van der Waals surface area contributed by atoms with Crippen LogP contribution in [0.5, 0.6) is 11.5 Å². The Morgan fingerprint density at radius 2 is 0.833 bits per heavy atom. The Morgan fingerprint density at radius 1 is 0.361 bits per heavy atom. The maximum Gasteiger partial charge on any atom is 0.252 e. The molecule has 0 fully saturated rings. The molecule has 0 aromatic heterocycles. The summed E-state index contributed by atoms with van der Waals surface area (Å²) in [4.78, 5) is 7.58. The SMILES string of the molecule is CC(C)c1cc(C(C)C)c(B2c3ccccc3Oc3cc4c(cc32)B2c3ccccc3N(c3ccccc3)c3cc(N5c6ccccc6C(C)(C)c6ccccc65)cc(c32)N4c2ccccc2)c(C(C)C)c1. The fraction of sp³-hybridized carbons (Fsp3) is 0.182. The maximum atomic E-state index is 7.25. The van der Waals surface area contributed by atoms with E-state index in [1.54, 1.807) is 0 Å². The Bertz CT molecular complexity index is 3540. The second-order valence-corrected chi connectivity index (χ2v) is 21.8. The molecular weight excluding hydrogens is 872 g/mol. The molecule has 72 heavy (non-hydrogen) atoms. The third-order valence-electron chi connectivity index (χ3n) is 16.2. The zero-order valence-electron chi connectivity index (χ0n) is 42.6. The van der Waals surface area contributed by atoms with Crippen LogP contribution in [0.25, 0.3) is 0 Å². The predicted octanol–water partition coefficient (Wildman–Crippen LogP) is 13.9.